The summed E-state index contributed by atoms with van der Waals surface area (Å²) in [5.74, 6) is -0.546. The van der Waals surface area contributed by atoms with Gasteiger partial charge in [0.2, 0.25) is 15.9 Å². The van der Waals surface area contributed by atoms with Crippen molar-refractivity contribution in [2.75, 3.05) is 20.6 Å². The van der Waals surface area contributed by atoms with E-state index in [1.54, 1.807) is 0 Å². The van der Waals surface area contributed by atoms with Crippen molar-refractivity contribution in [2.45, 2.75) is 4.90 Å². The van der Waals surface area contributed by atoms with Crippen LogP contribution >= 0.6 is 0 Å². The summed E-state index contributed by atoms with van der Waals surface area (Å²) >= 11 is 0. The van der Waals surface area contributed by atoms with Crippen molar-refractivity contribution in [3.63, 3.8) is 0 Å². The van der Waals surface area contributed by atoms with E-state index in [0.717, 1.165) is 10.4 Å². The largest absolute Gasteiger partial charge is 0.508 e. The lowest BCUT2D eigenvalue weighted by atomic mass is 10.3. The van der Waals surface area contributed by atoms with Crippen molar-refractivity contribution in [3.8, 4) is 5.75 Å². The van der Waals surface area contributed by atoms with E-state index in [1.807, 2.05) is 0 Å². The van der Waals surface area contributed by atoms with E-state index in [-0.39, 0.29) is 17.2 Å². The normalized spacial score (nSPS) is 11.5. The zero-order valence-corrected chi connectivity index (χ0v) is 10.4. The first-order valence-corrected chi connectivity index (χ1v) is 6.28. The van der Waals surface area contributed by atoms with Crippen LogP contribution in [0.25, 0.3) is 0 Å². The minimum Gasteiger partial charge on any atom is -0.508 e. The molecule has 1 rings (SSSR count). The fraction of sp³-hybridized carbons (Fsp3) is 0.300. The number of hydrogen-bond donors (Lipinski definition) is 2. The average molecular weight is 258 g/mol. The van der Waals surface area contributed by atoms with Crippen LogP contribution in [0.4, 0.5) is 0 Å². The first-order valence-electron chi connectivity index (χ1n) is 4.84. The molecule has 1 aromatic rings. The van der Waals surface area contributed by atoms with Crippen LogP contribution in [-0.2, 0) is 14.8 Å². The number of benzene rings is 1. The molecule has 7 heteroatoms. The Morgan fingerprint density at radius 1 is 1.47 bits per heavy atom. The van der Waals surface area contributed by atoms with Crippen LogP contribution < -0.4 is 5.32 Å². The molecule has 0 atom stereocenters. The Morgan fingerprint density at radius 3 is 2.65 bits per heavy atom. The Morgan fingerprint density at radius 2 is 2.12 bits per heavy atom. The highest BCUT2D eigenvalue weighted by Crippen LogP contribution is 2.18. The SMILES string of the molecule is CNC(=O)CN(C)S(=O)(=O)c1cccc(O)c1. The van der Waals surface area contributed by atoms with E-state index in [0.29, 0.717) is 0 Å². The maximum Gasteiger partial charge on any atom is 0.243 e. The van der Waals surface area contributed by atoms with Gasteiger partial charge >= 0.3 is 0 Å². The van der Waals surface area contributed by atoms with Gasteiger partial charge in [-0.1, -0.05) is 6.07 Å². The van der Waals surface area contributed by atoms with Gasteiger partial charge in [0.1, 0.15) is 5.75 Å². The monoisotopic (exact) mass is 258 g/mol. The lowest BCUT2D eigenvalue weighted by molar-refractivity contribution is -0.120. The highest BCUT2D eigenvalue weighted by Gasteiger charge is 2.22. The van der Waals surface area contributed by atoms with Crippen molar-refractivity contribution in [1.29, 1.82) is 0 Å². The summed E-state index contributed by atoms with van der Waals surface area (Å²) in [6.45, 7) is -0.269. The van der Waals surface area contributed by atoms with Crippen molar-refractivity contribution in [2.24, 2.45) is 0 Å². The van der Waals surface area contributed by atoms with E-state index in [4.69, 9.17) is 0 Å². The Balaban J connectivity index is 2.99. The van der Waals surface area contributed by atoms with E-state index >= 15 is 0 Å². The molecule has 0 heterocycles. The quantitative estimate of drug-likeness (QED) is 0.780. The number of carbonyl (C=O) groups is 1. The van der Waals surface area contributed by atoms with Crippen molar-refractivity contribution < 1.29 is 18.3 Å². The standard InChI is InChI=1S/C10H14N2O4S/c1-11-10(14)7-12(2)17(15,16)9-5-3-4-8(13)6-9/h3-6,13H,7H2,1-2H3,(H,11,14). The van der Waals surface area contributed by atoms with Crippen LogP contribution in [0.15, 0.2) is 29.2 Å². The number of nitrogens with zero attached hydrogens (tertiary/aromatic N) is 1. The van der Waals surface area contributed by atoms with Gasteiger partial charge < -0.3 is 10.4 Å². The Kier molecular flexibility index (Phi) is 4.08. The molecule has 0 aliphatic carbocycles. The van der Waals surface area contributed by atoms with E-state index in [2.05, 4.69) is 5.32 Å². The van der Waals surface area contributed by atoms with Crippen molar-refractivity contribution in [1.82, 2.24) is 9.62 Å². The number of phenols is 1. The molecule has 0 spiro atoms. The van der Waals surface area contributed by atoms with Crippen LogP contribution in [0, 0.1) is 0 Å². The number of phenolic OH excluding ortho intramolecular Hbond substituents is 1. The van der Waals surface area contributed by atoms with Gasteiger partial charge in [0.05, 0.1) is 11.4 Å². The first-order chi connectivity index (χ1) is 7.87. The fourth-order valence-electron chi connectivity index (χ4n) is 1.19. The maximum absolute atomic E-state index is 12.0. The second kappa shape index (κ2) is 5.15. The molecule has 1 aromatic carbocycles. The minimum absolute atomic E-state index is 0.0519. The molecule has 0 aliphatic heterocycles. The summed E-state index contributed by atoms with van der Waals surface area (Å²) in [7, 11) is -1.03. The van der Waals surface area contributed by atoms with Gasteiger partial charge in [-0.25, -0.2) is 8.42 Å². The number of rotatable bonds is 4. The predicted octanol–water partition coefficient (Wildman–Crippen LogP) is -0.241. The molecule has 0 fully saturated rings. The number of carbonyl (C=O) groups excluding carboxylic acids is 1. The molecule has 0 aromatic heterocycles. The van der Waals surface area contributed by atoms with Crippen LogP contribution in [0.2, 0.25) is 0 Å². The van der Waals surface area contributed by atoms with Crippen LogP contribution in [0.5, 0.6) is 5.75 Å². The lowest BCUT2D eigenvalue weighted by Gasteiger charge is -2.16. The van der Waals surface area contributed by atoms with Crippen molar-refractivity contribution >= 4 is 15.9 Å². The molecular formula is C10H14N2O4S. The highest BCUT2D eigenvalue weighted by atomic mass is 32.2. The summed E-state index contributed by atoms with van der Waals surface area (Å²) in [5, 5.41) is 11.6. The summed E-state index contributed by atoms with van der Waals surface area (Å²) in [6, 6.07) is 5.29. The van der Waals surface area contributed by atoms with E-state index in [1.165, 1.54) is 32.3 Å². The molecule has 2 N–H and O–H groups in total. The van der Waals surface area contributed by atoms with E-state index < -0.39 is 15.9 Å². The second-order valence-electron chi connectivity index (χ2n) is 3.43. The van der Waals surface area contributed by atoms with Crippen LogP contribution in [0.3, 0.4) is 0 Å². The van der Waals surface area contributed by atoms with Gasteiger partial charge in [-0.3, -0.25) is 4.79 Å². The molecule has 1 amide bonds. The number of amides is 1. The third-order valence-corrected chi connectivity index (χ3v) is 3.97. The van der Waals surface area contributed by atoms with Gasteiger partial charge in [-0.05, 0) is 18.2 Å². The molecule has 0 bridgehead atoms. The number of sulfonamides is 1. The Hall–Kier alpha value is -1.60. The third kappa shape index (κ3) is 3.18. The molecule has 0 radical (unpaired) electrons. The number of hydrogen-bond acceptors (Lipinski definition) is 4. The number of aromatic hydroxyl groups is 1. The predicted molar refractivity (Wildman–Crippen MR) is 62.0 cm³/mol. The molecule has 0 saturated carbocycles. The summed E-state index contributed by atoms with van der Waals surface area (Å²) in [5.41, 5.74) is 0. The number of likely N-dealkylation sites (N-methyl/N-ethyl adjacent to an activating group) is 2. The van der Waals surface area contributed by atoms with Gasteiger partial charge in [0.25, 0.3) is 0 Å². The highest BCUT2D eigenvalue weighted by molar-refractivity contribution is 7.89. The molecule has 0 unspecified atom stereocenters. The lowest BCUT2D eigenvalue weighted by Crippen LogP contribution is -2.36. The van der Waals surface area contributed by atoms with Gasteiger partial charge in [0, 0.05) is 14.1 Å². The first kappa shape index (κ1) is 13.5. The average Bonchev–Trinajstić information content (AvgIpc) is 2.28. The molecule has 0 aliphatic rings. The number of nitrogens with one attached hydrogen (secondary N) is 1. The third-order valence-electron chi connectivity index (χ3n) is 2.17. The zero-order valence-electron chi connectivity index (χ0n) is 9.54. The van der Waals surface area contributed by atoms with Crippen LogP contribution in [0.1, 0.15) is 0 Å². The molecule has 17 heavy (non-hydrogen) atoms. The maximum atomic E-state index is 12.0. The zero-order chi connectivity index (χ0) is 13.1. The van der Waals surface area contributed by atoms with Crippen LogP contribution in [-0.4, -0.2) is 44.4 Å². The summed E-state index contributed by atoms with van der Waals surface area (Å²) in [4.78, 5) is 11.0. The minimum atomic E-state index is -3.75. The molecule has 6 nitrogen and oxygen atoms in total. The topological polar surface area (TPSA) is 86.7 Å². The molecule has 94 valence electrons. The Labute approximate surface area is 99.9 Å². The smallest absolute Gasteiger partial charge is 0.243 e. The fourth-order valence-corrected chi connectivity index (χ4v) is 2.36. The molecule has 0 saturated heterocycles. The summed E-state index contributed by atoms with van der Waals surface area (Å²) < 4.78 is 24.9. The van der Waals surface area contributed by atoms with Gasteiger partial charge in [-0.2, -0.15) is 4.31 Å². The Bertz CT molecular complexity index is 513. The second-order valence-corrected chi connectivity index (χ2v) is 5.48. The molecular weight excluding hydrogens is 244 g/mol. The van der Waals surface area contributed by atoms with Gasteiger partial charge in [-0.15, -0.1) is 0 Å². The summed E-state index contributed by atoms with van der Waals surface area (Å²) in [6.07, 6.45) is 0. The van der Waals surface area contributed by atoms with Crippen molar-refractivity contribution in [3.05, 3.63) is 24.3 Å². The van der Waals surface area contributed by atoms with E-state index in [9.17, 15) is 18.3 Å². The van der Waals surface area contributed by atoms with Gasteiger partial charge in [0.15, 0.2) is 0 Å².